The second kappa shape index (κ2) is 10.1. The van der Waals surface area contributed by atoms with E-state index < -0.39 is 0 Å². The molecule has 9 nitrogen and oxygen atoms in total. The molecule has 0 bridgehead atoms. The van der Waals surface area contributed by atoms with Gasteiger partial charge in [-0.15, -0.1) is 10.2 Å². The first-order valence-electron chi connectivity index (χ1n) is 10.7. The van der Waals surface area contributed by atoms with Crippen LogP contribution < -0.4 is 14.8 Å². The van der Waals surface area contributed by atoms with E-state index in [-0.39, 0.29) is 11.9 Å². The van der Waals surface area contributed by atoms with Crippen LogP contribution in [0.4, 0.5) is 10.6 Å². The summed E-state index contributed by atoms with van der Waals surface area (Å²) in [7, 11) is 1.52. The zero-order valence-corrected chi connectivity index (χ0v) is 18.9. The Labute approximate surface area is 192 Å². The molecule has 1 fully saturated rings. The molecule has 1 aromatic carbocycles. The number of methoxy groups -OCH3 is 1. The van der Waals surface area contributed by atoms with Gasteiger partial charge in [-0.3, -0.25) is 5.32 Å². The van der Waals surface area contributed by atoms with E-state index in [1.807, 2.05) is 31.2 Å². The van der Waals surface area contributed by atoms with E-state index in [9.17, 15) is 4.79 Å². The molecule has 1 saturated heterocycles. The largest absolute Gasteiger partial charge is 0.480 e. The van der Waals surface area contributed by atoms with Gasteiger partial charge in [0.1, 0.15) is 5.75 Å². The maximum absolute atomic E-state index is 12.6. The zero-order chi connectivity index (χ0) is 23.2. The van der Waals surface area contributed by atoms with Crippen molar-refractivity contribution >= 4 is 17.9 Å². The highest BCUT2D eigenvalue weighted by Crippen LogP contribution is 2.27. The first-order valence-corrected chi connectivity index (χ1v) is 10.7. The number of hydrogen-bond acceptors (Lipinski definition) is 7. The number of nitrogens with zero attached hydrogens (tertiary/aromatic N) is 5. The monoisotopic (exact) mass is 446 g/mol. The minimum absolute atomic E-state index is 0.186. The summed E-state index contributed by atoms with van der Waals surface area (Å²) in [4.78, 5) is 22.8. The van der Waals surface area contributed by atoms with Crippen LogP contribution in [-0.4, -0.2) is 51.3 Å². The molecule has 1 N–H and O–H groups in total. The summed E-state index contributed by atoms with van der Waals surface area (Å²) in [5.41, 5.74) is 3.30. The Morgan fingerprint density at radius 3 is 2.70 bits per heavy atom. The van der Waals surface area contributed by atoms with Crippen LogP contribution >= 0.6 is 0 Å². The van der Waals surface area contributed by atoms with Crippen LogP contribution in [0, 0.1) is 12.8 Å². The number of likely N-dealkylation sites (tertiary alicyclic amines) is 1. The Bertz CT molecular complexity index is 1130. The molecule has 0 aliphatic carbocycles. The lowest BCUT2D eigenvalue weighted by Crippen LogP contribution is -2.42. The lowest BCUT2D eigenvalue weighted by Gasteiger charge is -2.33. The van der Waals surface area contributed by atoms with Crippen LogP contribution in [-0.2, 0) is 0 Å². The Hall–Kier alpha value is -4.01. The SMILES string of the molecule is COc1ccc(NC(=O)N2CC/C(=C\c3cccc(Oc4ncc(C)cn4)c3)C(C)C2)nn1. The minimum Gasteiger partial charge on any atom is -0.480 e. The van der Waals surface area contributed by atoms with Gasteiger partial charge < -0.3 is 14.4 Å². The van der Waals surface area contributed by atoms with E-state index in [2.05, 4.69) is 38.5 Å². The van der Waals surface area contributed by atoms with Gasteiger partial charge in [0.25, 0.3) is 0 Å². The van der Waals surface area contributed by atoms with Crippen molar-refractivity contribution in [2.45, 2.75) is 20.3 Å². The third kappa shape index (κ3) is 5.82. The average molecular weight is 447 g/mol. The number of rotatable bonds is 5. The van der Waals surface area contributed by atoms with Gasteiger partial charge in [0.05, 0.1) is 7.11 Å². The fourth-order valence-corrected chi connectivity index (χ4v) is 3.55. The Morgan fingerprint density at radius 2 is 2.00 bits per heavy atom. The molecule has 0 radical (unpaired) electrons. The maximum Gasteiger partial charge on any atom is 0.323 e. The van der Waals surface area contributed by atoms with Crippen molar-refractivity contribution in [1.29, 1.82) is 0 Å². The Kier molecular flexibility index (Phi) is 6.77. The molecule has 3 heterocycles. The van der Waals surface area contributed by atoms with E-state index in [4.69, 9.17) is 9.47 Å². The fourth-order valence-electron chi connectivity index (χ4n) is 3.55. The summed E-state index contributed by atoms with van der Waals surface area (Å²) in [5, 5.41) is 10.6. The van der Waals surface area contributed by atoms with Crippen molar-refractivity contribution in [3.8, 4) is 17.6 Å². The Balaban J connectivity index is 1.37. The molecule has 4 rings (SSSR count). The lowest BCUT2D eigenvalue weighted by molar-refractivity contribution is 0.197. The summed E-state index contributed by atoms with van der Waals surface area (Å²) in [5.74, 6) is 1.69. The van der Waals surface area contributed by atoms with Crippen LogP contribution in [0.1, 0.15) is 24.5 Å². The second-order valence-electron chi connectivity index (χ2n) is 7.92. The molecule has 2 aromatic heterocycles. The van der Waals surface area contributed by atoms with Crippen LogP contribution in [0.2, 0.25) is 0 Å². The number of hydrogen-bond donors (Lipinski definition) is 1. The Morgan fingerprint density at radius 1 is 1.18 bits per heavy atom. The van der Waals surface area contributed by atoms with Crippen LogP contribution in [0.25, 0.3) is 6.08 Å². The molecule has 1 aliphatic heterocycles. The number of carbonyl (C=O) groups excluding carboxylic acids is 1. The number of anilines is 1. The van der Waals surface area contributed by atoms with E-state index >= 15 is 0 Å². The van der Waals surface area contributed by atoms with Gasteiger partial charge in [-0.2, -0.15) is 0 Å². The number of carbonyl (C=O) groups is 1. The van der Waals surface area contributed by atoms with Crippen molar-refractivity contribution in [2.75, 3.05) is 25.5 Å². The third-order valence-electron chi connectivity index (χ3n) is 5.35. The first kappa shape index (κ1) is 22.2. The molecular formula is C24H26N6O3. The first-order chi connectivity index (χ1) is 16.0. The van der Waals surface area contributed by atoms with Crippen LogP contribution in [0.15, 0.2) is 54.4 Å². The van der Waals surface area contributed by atoms with Crippen molar-refractivity contribution in [3.63, 3.8) is 0 Å². The quantitative estimate of drug-likeness (QED) is 0.622. The average Bonchev–Trinajstić information content (AvgIpc) is 2.82. The highest BCUT2D eigenvalue weighted by molar-refractivity contribution is 5.88. The van der Waals surface area contributed by atoms with Crippen molar-refractivity contribution < 1.29 is 14.3 Å². The number of benzene rings is 1. The topological polar surface area (TPSA) is 102 Å². The highest BCUT2D eigenvalue weighted by Gasteiger charge is 2.24. The predicted molar refractivity (Wildman–Crippen MR) is 124 cm³/mol. The molecule has 0 saturated carbocycles. The maximum atomic E-state index is 12.6. The molecule has 3 aromatic rings. The zero-order valence-electron chi connectivity index (χ0n) is 18.9. The highest BCUT2D eigenvalue weighted by atomic mass is 16.5. The van der Waals surface area contributed by atoms with Crippen molar-refractivity contribution in [1.82, 2.24) is 25.1 Å². The molecule has 170 valence electrons. The fraction of sp³-hybridized carbons (Fsp3) is 0.292. The summed E-state index contributed by atoms with van der Waals surface area (Å²) in [6.45, 7) is 5.30. The molecular weight excluding hydrogens is 420 g/mol. The molecule has 1 atom stereocenters. The summed E-state index contributed by atoms with van der Waals surface area (Å²) >= 11 is 0. The number of aromatic nitrogens is 4. The number of urea groups is 1. The summed E-state index contributed by atoms with van der Waals surface area (Å²) < 4.78 is 10.8. The molecule has 0 spiro atoms. The number of amides is 2. The summed E-state index contributed by atoms with van der Waals surface area (Å²) in [6.07, 6.45) is 6.40. The number of aryl methyl sites for hydroxylation is 1. The van der Waals surface area contributed by atoms with Gasteiger partial charge in [-0.1, -0.05) is 30.7 Å². The van der Waals surface area contributed by atoms with Gasteiger partial charge >= 0.3 is 12.0 Å². The standard InChI is InChI=1S/C24H26N6O3/c1-16-13-25-23(26-14-16)33-20-6-4-5-18(12-20)11-19-9-10-30(15-17(19)2)24(31)27-21-7-8-22(32-3)29-28-21/h4-8,11-14,17H,9-10,15H2,1-3H3,(H,27,28,31)/b19-11+. The van der Waals surface area contributed by atoms with Gasteiger partial charge in [0, 0.05) is 31.5 Å². The smallest absolute Gasteiger partial charge is 0.323 e. The molecule has 2 amide bonds. The van der Waals surface area contributed by atoms with Crippen LogP contribution in [0.3, 0.4) is 0 Å². The minimum atomic E-state index is -0.186. The van der Waals surface area contributed by atoms with E-state index in [0.29, 0.717) is 36.5 Å². The predicted octanol–water partition coefficient (Wildman–Crippen LogP) is 4.33. The number of piperidine rings is 1. The van der Waals surface area contributed by atoms with E-state index in [1.54, 1.807) is 29.4 Å². The summed E-state index contributed by atoms with van der Waals surface area (Å²) in [6, 6.07) is 11.3. The van der Waals surface area contributed by atoms with Gasteiger partial charge in [-0.05, 0) is 48.6 Å². The van der Waals surface area contributed by atoms with Crippen molar-refractivity contribution in [2.24, 2.45) is 5.92 Å². The number of ether oxygens (including phenoxy) is 2. The molecule has 9 heteroatoms. The second-order valence-corrected chi connectivity index (χ2v) is 7.92. The van der Waals surface area contributed by atoms with Gasteiger partial charge in [-0.25, -0.2) is 14.8 Å². The number of nitrogens with one attached hydrogen (secondary N) is 1. The molecule has 1 aliphatic rings. The molecule has 33 heavy (non-hydrogen) atoms. The van der Waals surface area contributed by atoms with Gasteiger partial charge in [0.15, 0.2) is 5.82 Å². The van der Waals surface area contributed by atoms with Crippen LogP contribution in [0.5, 0.6) is 17.6 Å². The van der Waals surface area contributed by atoms with Gasteiger partial charge in [0.2, 0.25) is 5.88 Å². The lowest BCUT2D eigenvalue weighted by atomic mass is 9.91. The van der Waals surface area contributed by atoms with E-state index in [1.165, 1.54) is 12.7 Å². The third-order valence-corrected chi connectivity index (χ3v) is 5.35. The normalized spacial score (nSPS) is 17.0. The van der Waals surface area contributed by atoms with Crippen molar-refractivity contribution in [3.05, 3.63) is 65.5 Å². The molecule has 1 unspecified atom stereocenters. The van der Waals surface area contributed by atoms with E-state index in [0.717, 1.165) is 17.5 Å².